The summed E-state index contributed by atoms with van der Waals surface area (Å²) in [5.41, 5.74) is 1.00. The zero-order chi connectivity index (χ0) is 14.3. The number of carboxylic acid groups (broad SMARTS) is 1. The maximum atomic E-state index is 11.5. The Bertz CT molecular complexity index is 430. The second kappa shape index (κ2) is 7.40. The van der Waals surface area contributed by atoms with Gasteiger partial charge in [-0.2, -0.15) is 5.10 Å². The van der Waals surface area contributed by atoms with E-state index in [2.05, 4.69) is 15.7 Å². The van der Waals surface area contributed by atoms with Crippen molar-refractivity contribution >= 4 is 12.0 Å². The van der Waals surface area contributed by atoms with E-state index in [0.29, 0.717) is 25.8 Å². The fourth-order valence-electron chi connectivity index (χ4n) is 1.71. The van der Waals surface area contributed by atoms with Gasteiger partial charge in [0.25, 0.3) is 0 Å². The minimum Gasteiger partial charge on any atom is -0.480 e. The molecule has 19 heavy (non-hydrogen) atoms. The number of carboxylic acids is 1. The van der Waals surface area contributed by atoms with Crippen molar-refractivity contribution in [2.45, 2.75) is 32.2 Å². The first-order valence-corrected chi connectivity index (χ1v) is 6.28. The first-order chi connectivity index (χ1) is 9.04. The zero-order valence-electron chi connectivity index (χ0n) is 11.2. The average Bonchev–Trinajstić information content (AvgIpc) is 2.74. The van der Waals surface area contributed by atoms with Crippen molar-refractivity contribution in [1.29, 1.82) is 0 Å². The Kier molecular flexibility index (Phi) is 5.84. The molecule has 0 aliphatic carbocycles. The Labute approximate surface area is 112 Å². The Morgan fingerprint density at radius 3 is 2.79 bits per heavy atom. The van der Waals surface area contributed by atoms with E-state index in [1.54, 1.807) is 10.9 Å². The standard InChI is InChI=1S/C12H20N4O3/c1-3-4-10(11(17)18)15-12(19)13-7-5-9-6-8-14-16(9)2/h6,8,10H,3-5,7H2,1-2H3,(H,17,18)(H2,13,15,19)/t10-/m0/s1. The van der Waals surface area contributed by atoms with Gasteiger partial charge in [0.15, 0.2) is 0 Å². The van der Waals surface area contributed by atoms with Gasteiger partial charge < -0.3 is 15.7 Å². The molecule has 0 saturated carbocycles. The van der Waals surface area contributed by atoms with E-state index < -0.39 is 18.0 Å². The van der Waals surface area contributed by atoms with Gasteiger partial charge in [-0.15, -0.1) is 0 Å². The molecule has 0 aromatic carbocycles. The normalized spacial score (nSPS) is 11.9. The number of aromatic nitrogens is 2. The monoisotopic (exact) mass is 268 g/mol. The van der Waals surface area contributed by atoms with Gasteiger partial charge >= 0.3 is 12.0 Å². The van der Waals surface area contributed by atoms with Crippen molar-refractivity contribution in [3.8, 4) is 0 Å². The molecule has 0 saturated heterocycles. The van der Waals surface area contributed by atoms with E-state index >= 15 is 0 Å². The van der Waals surface area contributed by atoms with Crippen molar-refractivity contribution in [1.82, 2.24) is 20.4 Å². The second-order valence-corrected chi connectivity index (χ2v) is 4.28. The predicted octanol–water partition coefficient (Wildman–Crippen LogP) is 0.515. The summed E-state index contributed by atoms with van der Waals surface area (Å²) in [6.07, 6.45) is 3.46. The average molecular weight is 268 g/mol. The maximum absolute atomic E-state index is 11.5. The maximum Gasteiger partial charge on any atom is 0.326 e. The number of aliphatic carboxylic acids is 1. The summed E-state index contributed by atoms with van der Waals surface area (Å²) >= 11 is 0. The molecule has 0 unspecified atom stereocenters. The van der Waals surface area contributed by atoms with Gasteiger partial charge in [-0.1, -0.05) is 13.3 Å². The molecular weight excluding hydrogens is 248 g/mol. The van der Waals surface area contributed by atoms with Gasteiger partial charge in [0, 0.05) is 31.9 Å². The zero-order valence-corrected chi connectivity index (χ0v) is 11.2. The third-order valence-corrected chi connectivity index (χ3v) is 2.77. The number of hydrogen-bond acceptors (Lipinski definition) is 3. The lowest BCUT2D eigenvalue weighted by Gasteiger charge is -2.14. The molecule has 1 rings (SSSR count). The van der Waals surface area contributed by atoms with Crippen LogP contribution in [0.4, 0.5) is 4.79 Å². The lowest BCUT2D eigenvalue weighted by atomic mass is 10.2. The molecule has 1 heterocycles. The molecule has 0 aliphatic heterocycles. The molecule has 7 heteroatoms. The number of nitrogens with zero attached hydrogens (tertiary/aromatic N) is 2. The van der Waals surface area contributed by atoms with Crippen molar-refractivity contribution < 1.29 is 14.7 Å². The van der Waals surface area contributed by atoms with Crippen molar-refractivity contribution in [3.63, 3.8) is 0 Å². The molecule has 7 nitrogen and oxygen atoms in total. The highest BCUT2D eigenvalue weighted by Crippen LogP contribution is 1.98. The van der Waals surface area contributed by atoms with E-state index in [1.807, 2.05) is 20.0 Å². The van der Waals surface area contributed by atoms with Crippen molar-refractivity contribution in [3.05, 3.63) is 18.0 Å². The summed E-state index contributed by atoms with van der Waals surface area (Å²) < 4.78 is 1.73. The van der Waals surface area contributed by atoms with Gasteiger partial charge in [0.1, 0.15) is 6.04 Å². The Morgan fingerprint density at radius 2 is 2.26 bits per heavy atom. The van der Waals surface area contributed by atoms with Crippen LogP contribution in [-0.4, -0.2) is 39.5 Å². The number of amides is 2. The first kappa shape index (κ1) is 15.0. The van der Waals surface area contributed by atoms with Crippen LogP contribution in [0.25, 0.3) is 0 Å². The number of rotatable bonds is 7. The summed E-state index contributed by atoms with van der Waals surface area (Å²) in [6, 6.07) is 0.584. The topological polar surface area (TPSA) is 96.3 Å². The van der Waals surface area contributed by atoms with Crippen molar-refractivity contribution in [2.24, 2.45) is 7.05 Å². The predicted molar refractivity (Wildman–Crippen MR) is 69.8 cm³/mol. The van der Waals surface area contributed by atoms with E-state index in [-0.39, 0.29) is 0 Å². The van der Waals surface area contributed by atoms with E-state index in [9.17, 15) is 9.59 Å². The van der Waals surface area contributed by atoms with Crippen LogP contribution in [0.1, 0.15) is 25.5 Å². The SMILES string of the molecule is CCC[C@H](NC(=O)NCCc1ccnn1C)C(=O)O. The Balaban J connectivity index is 2.31. The van der Waals surface area contributed by atoms with E-state index in [0.717, 1.165) is 5.69 Å². The molecular formula is C12H20N4O3. The number of carbonyl (C=O) groups is 2. The van der Waals surface area contributed by atoms with Crippen LogP contribution in [0.3, 0.4) is 0 Å². The molecule has 1 aromatic heterocycles. The van der Waals surface area contributed by atoms with Crippen LogP contribution >= 0.6 is 0 Å². The highest BCUT2D eigenvalue weighted by atomic mass is 16.4. The molecule has 0 aliphatic rings. The van der Waals surface area contributed by atoms with Gasteiger partial charge in [0.05, 0.1) is 0 Å². The van der Waals surface area contributed by atoms with Gasteiger partial charge in [-0.25, -0.2) is 9.59 Å². The molecule has 2 amide bonds. The molecule has 0 bridgehead atoms. The number of carbonyl (C=O) groups excluding carboxylic acids is 1. The van der Waals surface area contributed by atoms with Crippen LogP contribution in [0.2, 0.25) is 0 Å². The highest BCUT2D eigenvalue weighted by molar-refractivity contribution is 5.82. The second-order valence-electron chi connectivity index (χ2n) is 4.28. The number of aryl methyl sites for hydroxylation is 1. The third kappa shape index (κ3) is 4.99. The Morgan fingerprint density at radius 1 is 1.53 bits per heavy atom. The molecule has 106 valence electrons. The number of nitrogens with one attached hydrogen (secondary N) is 2. The first-order valence-electron chi connectivity index (χ1n) is 6.28. The fourth-order valence-corrected chi connectivity index (χ4v) is 1.71. The number of urea groups is 1. The largest absolute Gasteiger partial charge is 0.480 e. The molecule has 1 aromatic rings. The highest BCUT2D eigenvalue weighted by Gasteiger charge is 2.18. The molecule has 0 fully saturated rings. The van der Waals surface area contributed by atoms with Gasteiger partial charge in [-0.05, 0) is 12.5 Å². The van der Waals surface area contributed by atoms with E-state index in [1.165, 1.54) is 0 Å². The molecule has 0 radical (unpaired) electrons. The van der Waals surface area contributed by atoms with Crippen LogP contribution in [0.5, 0.6) is 0 Å². The number of hydrogen-bond donors (Lipinski definition) is 3. The molecule has 3 N–H and O–H groups in total. The lowest BCUT2D eigenvalue weighted by molar-refractivity contribution is -0.139. The van der Waals surface area contributed by atoms with Gasteiger partial charge in [0.2, 0.25) is 0 Å². The minimum absolute atomic E-state index is 0.421. The quantitative estimate of drug-likeness (QED) is 0.671. The fraction of sp³-hybridized carbons (Fsp3) is 0.583. The van der Waals surface area contributed by atoms with Crippen LogP contribution in [0.15, 0.2) is 12.3 Å². The van der Waals surface area contributed by atoms with Gasteiger partial charge in [-0.3, -0.25) is 4.68 Å². The van der Waals surface area contributed by atoms with E-state index in [4.69, 9.17) is 5.11 Å². The van der Waals surface area contributed by atoms with Crippen molar-refractivity contribution in [2.75, 3.05) is 6.54 Å². The molecule has 0 spiro atoms. The minimum atomic E-state index is -1.01. The van der Waals surface area contributed by atoms with Crippen LogP contribution in [-0.2, 0) is 18.3 Å². The summed E-state index contributed by atoms with van der Waals surface area (Å²) in [5.74, 6) is -1.01. The summed E-state index contributed by atoms with van der Waals surface area (Å²) in [6.45, 7) is 2.31. The summed E-state index contributed by atoms with van der Waals surface area (Å²) in [5, 5.41) is 18.0. The molecule has 1 atom stereocenters. The van der Waals surface area contributed by atoms with Crippen LogP contribution < -0.4 is 10.6 Å². The third-order valence-electron chi connectivity index (χ3n) is 2.77. The summed E-state index contributed by atoms with van der Waals surface area (Å²) in [7, 11) is 1.83. The van der Waals surface area contributed by atoms with Crippen LogP contribution in [0, 0.1) is 0 Å². The Hall–Kier alpha value is -2.05. The smallest absolute Gasteiger partial charge is 0.326 e. The lowest BCUT2D eigenvalue weighted by Crippen LogP contribution is -2.46. The summed E-state index contributed by atoms with van der Waals surface area (Å²) in [4.78, 5) is 22.4.